The summed E-state index contributed by atoms with van der Waals surface area (Å²) in [6.07, 6.45) is 0.723. The lowest BCUT2D eigenvalue weighted by Crippen LogP contribution is -2.59. The van der Waals surface area contributed by atoms with Crippen LogP contribution < -0.4 is 16.0 Å². The number of amides is 4. The van der Waals surface area contributed by atoms with Crippen LogP contribution in [0.2, 0.25) is 0 Å². The van der Waals surface area contributed by atoms with Crippen LogP contribution in [0, 0.1) is 11.8 Å². The Morgan fingerprint density at radius 2 is 1.55 bits per heavy atom. The Labute approximate surface area is 286 Å². The molecule has 0 spiro atoms. The molecule has 0 saturated carbocycles. The molecule has 2 aromatic carbocycles. The van der Waals surface area contributed by atoms with Gasteiger partial charge in [0.2, 0.25) is 23.6 Å². The maximum Gasteiger partial charge on any atom is 0.338 e. The second-order valence-electron chi connectivity index (χ2n) is 13.1. The van der Waals surface area contributed by atoms with Crippen LogP contribution in [0.1, 0.15) is 83.5 Å². The predicted octanol–water partition coefficient (Wildman–Crippen LogP) is 2.99. The van der Waals surface area contributed by atoms with Crippen molar-refractivity contribution in [3.05, 3.63) is 48.0 Å². The van der Waals surface area contributed by atoms with E-state index >= 15 is 0 Å². The van der Waals surface area contributed by atoms with Gasteiger partial charge in [-0.1, -0.05) is 65.0 Å². The Morgan fingerprint density at radius 1 is 0.898 bits per heavy atom. The molecule has 0 bridgehead atoms. The number of carboxylic acids is 1. The summed E-state index contributed by atoms with van der Waals surface area (Å²) in [5, 5.41) is 18.7. The number of hydrogen-bond donors (Lipinski definition) is 4. The highest BCUT2D eigenvalue weighted by atomic mass is 16.5. The molecule has 1 aliphatic heterocycles. The van der Waals surface area contributed by atoms with Crippen molar-refractivity contribution in [2.24, 2.45) is 11.8 Å². The molecule has 0 radical (unpaired) electrons. The Balaban J connectivity index is 1.79. The third-order valence-electron chi connectivity index (χ3n) is 8.58. The molecule has 2 unspecified atom stereocenters. The second kappa shape index (κ2) is 18.1. The van der Waals surface area contributed by atoms with Crippen molar-refractivity contribution in [2.45, 2.75) is 103 Å². The van der Waals surface area contributed by atoms with Crippen molar-refractivity contribution in [2.75, 3.05) is 6.54 Å². The minimum atomic E-state index is -1.10. The van der Waals surface area contributed by atoms with Gasteiger partial charge >= 0.3 is 11.9 Å². The van der Waals surface area contributed by atoms with E-state index in [1.165, 1.54) is 4.90 Å². The van der Waals surface area contributed by atoms with E-state index in [2.05, 4.69) is 16.0 Å². The zero-order valence-corrected chi connectivity index (χ0v) is 28.8. The molecule has 0 aliphatic carbocycles. The molecule has 49 heavy (non-hydrogen) atoms. The SMILES string of the molecule is CCC(C=O)NC(=O)[C@@H]1CC(OC(=O)c2ccc3ccccc3c2)CN1C(=O)[C@@H](NC(=O)[C@@H](NC(=O)CCCCC(=O)O)C(C)C)C(C)C. The molecule has 5 atom stereocenters. The lowest BCUT2D eigenvalue weighted by Gasteiger charge is -2.32. The highest BCUT2D eigenvalue weighted by molar-refractivity contribution is 5.97. The minimum absolute atomic E-state index is 0.0164. The van der Waals surface area contributed by atoms with E-state index in [-0.39, 0.29) is 31.7 Å². The van der Waals surface area contributed by atoms with E-state index in [1.807, 2.05) is 24.3 Å². The van der Waals surface area contributed by atoms with Gasteiger partial charge in [-0.05, 0) is 54.0 Å². The van der Waals surface area contributed by atoms with Crippen LogP contribution in [-0.4, -0.2) is 88.7 Å². The number of likely N-dealkylation sites (tertiary alicyclic amines) is 1. The average molecular weight is 681 g/mol. The van der Waals surface area contributed by atoms with Crippen LogP contribution in [0.5, 0.6) is 0 Å². The monoisotopic (exact) mass is 680 g/mol. The number of rotatable bonds is 17. The van der Waals surface area contributed by atoms with Crippen molar-refractivity contribution in [1.29, 1.82) is 0 Å². The molecule has 2 aromatic rings. The highest BCUT2D eigenvalue weighted by Crippen LogP contribution is 2.25. The van der Waals surface area contributed by atoms with E-state index in [1.54, 1.807) is 52.8 Å². The molecule has 13 nitrogen and oxygen atoms in total. The van der Waals surface area contributed by atoms with Crippen LogP contribution in [-0.2, 0) is 33.5 Å². The van der Waals surface area contributed by atoms with Gasteiger partial charge in [-0.15, -0.1) is 0 Å². The van der Waals surface area contributed by atoms with E-state index in [0.717, 1.165) is 10.8 Å². The van der Waals surface area contributed by atoms with Crippen LogP contribution in [0.15, 0.2) is 42.5 Å². The van der Waals surface area contributed by atoms with Crippen molar-refractivity contribution in [3.8, 4) is 0 Å². The third kappa shape index (κ3) is 10.8. The first kappa shape index (κ1) is 38.6. The number of nitrogens with one attached hydrogen (secondary N) is 3. The molecule has 0 aromatic heterocycles. The maximum absolute atomic E-state index is 14.1. The molecule has 1 aliphatic rings. The van der Waals surface area contributed by atoms with Gasteiger partial charge in [0.05, 0.1) is 18.2 Å². The zero-order chi connectivity index (χ0) is 36.2. The largest absolute Gasteiger partial charge is 0.481 e. The number of hydrogen-bond acceptors (Lipinski definition) is 8. The van der Waals surface area contributed by atoms with E-state index in [4.69, 9.17) is 9.84 Å². The van der Waals surface area contributed by atoms with Crippen LogP contribution in [0.25, 0.3) is 10.8 Å². The Kier molecular flexibility index (Phi) is 14.3. The third-order valence-corrected chi connectivity index (χ3v) is 8.58. The number of unbranched alkanes of at least 4 members (excludes halogenated alkanes) is 1. The van der Waals surface area contributed by atoms with E-state index in [9.17, 15) is 33.6 Å². The summed E-state index contributed by atoms with van der Waals surface area (Å²) in [7, 11) is 0. The number of ether oxygens (including phenoxy) is 1. The van der Waals surface area contributed by atoms with Gasteiger partial charge in [-0.25, -0.2) is 4.79 Å². The van der Waals surface area contributed by atoms with E-state index in [0.29, 0.717) is 31.1 Å². The number of aldehydes is 1. The minimum Gasteiger partial charge on any atom is -0.481 e. The van der Waals surface area contributed by atoms with Gasteiger partial charge in [0.15, 0.2) is 0 Å². The first-order chi connectivity index (χ1) is 23.2. The Bertz CT molecular complexity index is 1520. The fourth-order valence-corrected chi connectivity index (χ4v) is 5.70. The Hall–Kier alpha value is -4.81. The number of aliphatic carboxylic acids is 1. The lowest BCUT2D eigenvalue weighted by molar-refractivity contribution is -0.143. The molecule has 4 amide bonds. The van der Waals surface area contributed by atoms with Crippen molar-refractivity contribution in [1.82, 2.24) is 20.9 Å². The van der Waals surface area contributed by atoms with Crippen LogP contribution in [0.4, 0.5) is 0 Å². The van der Waals surface area contributed by atoms with E-state index < -0.39 is 71.8 Å². The summed E-state index contributed by atoms with van der Waals surface area (Å²) in [5.74, 6) is -4.51. The number of carbonyl (C=O) groups is 7. The van der Waals surface area contributed by atoms with Crippen molar-refractivity contribution < 1.29 is 43.4 Å². The van der Waals surface area contributed by atoms with Gasteiger partial charge < -0.3 is 35.5 Å². The summed E-state index contributed by atoms with van der Waals surface area (Å²) in [6, 6.07) is 8.77. The summed E-state index contributed by atoms with van der Waals surface area (Å²) < 4.78 is 5.80. The van der Waals surface area contributed by atoms with Gasteiger partial charge in [-0.2, -0.15) is 0 Å². The molecule has 1 saturated heterocycles. The standard InChI is InChI=1S/C36H48N4O9/c1-6-26(20-41)37-33(45)28-18-27(49-36(48)25-16-15-23-11-7-8-12-24(23)17-25)19-40(28)35(47)32(22(4)5)39-34(46)31(21(2)3)38-29(42)13-9-10-14-30(43)44/h7-8,11-12,15-17,20-22,26-28,31-32H,6,9-10,13-14,18-19H2,1-5H3,(H,37,45)(H,38,42)(H,39,46)(H,43,44)/t26?,27?,28-,31-,32-/m0/s1. The molecular weight excluding hydrogens is 632 g/mol. The number of nitrogens with zero attached hydrogens (tertiary/aromatic N) is 1. The predicted molar refractivity (Wildman–Crippen MR) is 181 cm³/mol. The van der Waals surface area contributed by atoms with Gasteiger partial charge in [0.1, 0.15) is 30.5 Å². The smallest absolute Gasteiger partial charge is 0.338 e. The first-order valence-corrected chi connectivity index (χ1v) is 16.8. The average Bonchev–Trinajstić information content (AvgIpc) is 3.49. The van der Waals surface area contributed by atoms with Gasteiger partial charge in [-0.3, -0.25) is 24.0 Å². The molecule has 4 N–H and O–H groups in total. The normalized spacial score (nSPS) is 17.7. The molecule has 266 valence electrons. The van der Waals surface area contributed by atoms with Gasteiger partial charge in [0.25, 0.3) is 0 Å². The highest BCUT2D eigenvalue weighted by Gasteiger charge is 2.45. The summed E-state index contributed by atoms with van der Waals surface area (Å²) >= 11 is 0. The van der Waals surface area contributed by atoms with Crippen molar-refractivity contribution >= 4 is 52.6 Å². The second-order valence-corrected chi connectivity index (χ2v) is 13.1. The Morgan fingerprint density at radius 3 is 2.16 bits per heavy atom. The van der Waals surface area contributed by atoms with Crippen LogP contribution in [0.3, 0.4) is 0 Å². The summed E-state index contributed by atoms with van der Waals surface area (Å²) in [4.78, 5) is 90.4. The number of carbonyl (C=O) groups excluding carboxylic acids is 6. The first-order valence-electron chi connectivity index (χ1n) is 16.8. The molecule has 3 rings (SSSR count). The number of benzene rings is 2. The fourth-order valence-electron chi connectivity index (χ4n) is 5.70. The molecule has 1 heterocycles. The fraction of sp³-hybridized carbons (Fsp3) is 0.528. The summed E-state index contributed by atoms with van der Waals surface area (Å²) in [6.45, 7) is 8.57. The summed E-state index contributed by atoms with van der Waals surface area (Å²) in [5.41, 5.74) is 0.312. The topological polar surface area (TPSA) is 188 Å². The maximum atomic E-state index is 14.1. The zero-order valence-electron chi connectivity index (χ0n) is 28.8. The molecule has 13 heteroatoms. The molecule has 1 fully saturated rings. The van der Waals surface area contributed by atoms with Crippen LogP contribution >= 0.6 is 0 Å². The van der Waals surface area contributed by atoms with Crippen molar-refractivity contribution in [3.63, 3.8) is 0 Å². The van der Waals surface area contributed by atoms with Gasteiger partial charge in [0, 0.05) is 19.3 Å². The number of esters is 1. The molecular formula is C36H48N4O9. The number of carboxylic acid groups (broad SMARTS) is 1. The quantitative estimate of drug-likeness (QED) is 0.111. The lowest BCUT2D eigenvalue weighted by atomic mass is 9.98. The number of fused-ring (bicyclic) bond motifs is 1.